The standard InChI is InChI=1S/C8H6O4.C3H6O.C2H6O2/c9-7(10)5-1-2-6(4-3-5)8(11)12;1-2-4-3-1;3-1-2-4/h1-4H,(H,9,10)(H,11,12);1-3H2;3-4H,1-2H2. The molecule has 20 heavy (non-hydrogen) atoms. The number of carbonyl (C=O) groups is 2. The number of rotatable bonds is 3. The Morgan fingerprint density at radius 1 is 0.900 bits per heavy atom. The van der Waals surface area contributed by atoms with Gasteiger partial charge in [0, 0.05) is 13.2 Å². The van der Waals surface area contributed by atoms with Gasteiger partial charge < -0.3 is 25.2 Å². The number of aliphatic hydroxyl groups excluding tert-OH is 2. The fraction of sp³-hybridized carbons (Fsp3) is 0.385. The minimum atomic E-state index is -1.06. The van der Waals surface area contributed by atoms with Crippen molar-refractivity contribution >= 4 is 11.9 Å². The van der Waals surface area contributed by atoms with Crippen LogP contribution in [0.4, 0.5) is 0 Å². The SMILES string of the molecule is C1COC1.O=C(O)c1ccc(C(=O)O)cc1.OCCO. The highest BCUT2D eigenvalue weighted by atomic mass is 16.5. The van der Waals surface area contributed by atoms with E-state index in [4.69, 9.17) is 25.2 Å². The lowest BCUT2D eigenvalue weighted by Gasteiger charge is -2.09. The molecule has 1 aliphatic heterocycles. The van der Waals surface area contributed by atoms with Crippen LogP contribution in [-0.2, 0) is 4.74 Å². The van der Waals surface area contributed by atoms with E-state index in [1.807, 2.05) is 0 Å². The molecule has 0 radical (unpaired) electrons. The summed E-state index contributed by atoms with van der Waals surface area (Å²) in [6, 6.07) is 5.02. The maximum Gasteiger partial charge on any atom is 0.335 e. The van der Waals surface area contributed by atoms with Crippen molar-refractivity contribution in [3.63, 3.8) is 0 Å². The Morgan fingerprint density at radius 2 is 1.15 bits per heavy atom. The molecule has 1 aliphatic rings. The van der Waals surface area contributed by atoms with Gasteiger partial charge in [-0.25, -0.2) is 9.59 Å². The van der Waals surface area contributed by atoms with Crippen LogP contribution in [-0.4, -0.2) is 58.8 Å². The zero-order valence-electron chi connectivity index (χ0n) is 10.9. The first kappa shape index (κ1) is 18.0. The van der Waals surface area contributed by atoms with E-state index in [2.05, 4.69) is 0 Å². The van der Waals surface area contributed by atoms with Crippen LogP contribution in [0.15, 0.2) is 24.3 Å². The van der Waals surface area contributed by atoms with Gasteiger partial charge in [0.15, 0.2) is 0 Å². The Bertz CT molecular complexity index is 357. The summed E-state index contributed by atoms with van der Waals surface area (Å²) in [4.78, 5) is 20.7. The highest BCUT2D eigenvalue weighted by molar-refractivity contribution is 5.91. The summed E-state index contributed by atoms with van der Waals surface area (Å²) >= 11 is 0. The molecule has 7 heteroatoms. The van der Waals surface area contributed by atoms with Crippen molar-refractivity contribution in [2.75, 3.05) is 26.4 Å². The average Bonchev–Trinajstić information content (AvgIpc) is 2.37. The number of aromatic carboxylic acids is 2. The first-order valence-electron chi connectivity index (χ1n) is 5.89. The van der Waals surface area contributed by atoms with Crippen LogP contribution in [0.1, 0.15) is 27.1 Å². The molecule has 0 aliphatic carbocycles. The summed E-state index contributed by atoms with van der Waals surface area (Å²) in [6.45, 7) is 1.75. The molecule has 0 unspecified atom stereocenters. The molecule has 112 valence electrons. The summed E-state index contributed by atoms with van der Waals surface area (Å²) in [5, 5.41) is 32.2. The monoisotopic (exact) mass is 286 g/mol. The predicted octanol–water partition coefficient (Wildman–Crippen LogP) is 0.461. The van der Waals surface area contributed by atoms with E-state index in [0.29, 0.717) is 0 Å². The fourth-order valence-electron chi connectivity index (χ4n) is 0.900. The van der Waals surface area contributed by atoms with E-state index < -0.39 is 11.9 Å². The highest BCUT2D eigenvalue weighted by Gasteiger charge is 2.04. The molecule has 0 amide bonds. The smallest absolute Gasteiger partial charge is 0.335 e. The molecule has 2 rings (SSSR count). The second-order valence-corrected chi connectivity index (χ2v) is 3.60. The summed E-state index contributed by atoms with van der Waals surface area (Å²) in [7, 11) is 0. The molecule has 1 fully saturated rings. The van der Waals surface area contributed by atoms with Crippen molar-refractivity contribution in [3.05, 3.63) is 35.4 Å². The summed E-state index contributed by atoms with van der Waals surface area (Å²) in [5.74, 6) is -2.13. The molecule has 1 saturated heterocycles. The van der Waals surface area contributed by atoms with Crippen LogP contribution >= 0.6 is 0 Å². The summed E-state index contributed by atoms with van der Waals surface area (Å²) in [6.07, 6.45) is 1.28. The first-order chi connectivity index (χ1) is 9.52. The number of hydrogen-bond acceptors (Lipinski definition) is 5. The molecular weight excluding hydrogens is 268 g/mol. The number of benzene rings is 1. The fourth-order valence-corrected chi connectivity index (χ4v) is 0.900. The Morgan fingerprint density at radius 3 is 1.25 bits per heavy atom. The maximum atomic E-state index is 10.3. The van der Waals surface area contributed by atoms with Crippen molar-refractivity contribution < 1.29 is 34.8 Å². The zero-order chi connectivity index (χ0) is 15.4. The van der Waals surface area contributed by atoms with Crippen molar-refractivity contribution in [1.29, 1.82) is 0 Å². The third-order valence-electron chi connectivity index (χ3n) is 2.06. The van der Waals surface area contributed by atoms with E-state index in [0.717, 1.165) is 13.2 Å². The summed E-state index contributed by atoms with van der Waals surface area (Å²) in [5.41, 5.74) is 0.167. The van der Waals surface area contributed by atoms with Crippen molar-refractivity contribution in [3.8, 4) is 0 Å². The van der Waals surface area contributed by atoms with Crippen LogP contribution in [0, 0.1) is 0 Å². The van der Waals surface area contributed by atoms with Gasteiger partial charge in [-0.1, -0.05) is 0 Å². The molecule has 0 atom stereocenters. The Labute approximate surface area is 116 Å². The van der Waals surface area contributed by atoms with E-state index in [9.17, 15) is 9.59 Å². The second-order valence-electron chi connectivity index (χ2n) is 3.60. The predicted molar refractivity (Wildman–Crippen MR) is 70.0 cm³/mol. The van der Waals surface area contributed by atoms with Crippen LogP contribution in [0.5, 0.6) is 0 Å². The molecule has 0 saturated carbocycles. The molecule has 1 heterocycles. The molecule has 0 spiro atoms. The van der Waals surface area contributed by atoms with Gasteiger partial charge in [-0.05, 0) is 30.7 Å². The lowest BCUT2D eigenvalue weighted by Crippen LogP contribution is -2.09. The van der Waals surface area contributed by atoms with Crippen LogP contribution < -0.4 is 0 Å². The number of ether oxygens (including phenoxy) is 1. The van der Waals surface area contributed by atoms with Gasteiger partial charge in [-0.2, -0.15) is 0 Å². The van der Waals surface area contributed by atoms with Gasteiger partial charge in [0.25, 0.3) is 0 Å². The minimum Gasteiger partial charge on any atom is -0.478 e. The van der Waals surface area contributed by atoms with Crippen molar-refractivity contribution in [2.24, 2.45) is 0 Å². The zero-order valence-corrected chi connectivity index (χ0v) is 10.9. The third kappa shape index (κ3) is 8.20. The minimum absolute atomic E-state index is 0.0833. The van der Waals surface area contributed by atoms with E-state index in [1.54, 1.807) is 0 Å². The molecule has 7 nitrogen and oxygen atoms in total. The van der Waals surface area contributed by atoms with Crippen molar-refractivity contribution in [2.45, 2.75) is 6.42 Å². The largest absolute Gasteiger partial charge is 0.478 e. The van der Waals surface area contributed by atoms with E-state index in [-0.39, 0.29) is 24.3 Å². The van der Waals surface area contributed by atoms with Gasteiger partial charge in [0.05, 0.1) is 24.3 Å². The number of carboxylic acid groups (broad SMARTS) is 2. The number of hydrogen-bond donors (Lipinski definition) is 4. The van der Waals surface area contributed by atoms with E-state index in [1.165, 1.54) is 30.7 Å². The van der Waals surface area contributed by atoms with Gasteiger partial charge in [-0.3, -0.25) is 0 Å². The van der Waals surface area contributed by atoms with Gasteiger partial charge in [-0.15, -0.1) is 0 Å². The summed E-state index contributed by atoms with van der Waals surface area (Å²) < 4.78 is 4.72. The molecular formula is C13H18O7. The molecule has 1 aromatic rings. The Balaban J connectivity index is 0.000000368. The van der Waals surface area contributed by atoms with E-state index >= 15 is 0 Å². The molecule has 4 N–H and O–H groups in total. The molecule has 1 aromatic carbocycles. The lowest BCUT2D eigenvalue weighted by atomic mass is 10.1. The Kier molecular flexibility index (Phi) is 9.85. The second kappa shape index (κ2) is 10.9. The van der Waals surface area contributed by atoms with Gasteiger partial charge in [0.2, 0.25) is 0 Å². The quantitative estimate of drug-likeness (QED) is 0.636. The maximum absolute atomic E-state index is 10.3. The molecule has 0 aromatic heterocycles. The molecule has 0 bridgehead atoms. The highest BCUT2D eigenvalue weighted by Crippen LogP contribution is 2.03. The number of carboxylic acids is 2. The van der Waals surface area contributed by atoms with Gasteiger partial charge in [0.1, 0.15) is 0 Å². The normalized spacial score (nSPS) is 11.9. The topological polar surface area (TPSA) is 124 Å². The van der Waals surface area contributed by atoms with Crippen LogP contribution in [0.2, 0.25) is 0 Å². The average molecular weight is 286 g/mol. The first-order valence-corrected chi connectivity index (χ1v) is 5.89. The number of aliphatic hydroxyl groups is 2. The van der Waals surface area contributed by atoms with Gasteiger partial charge >= 0.3 is 11.9 Å². The lowest BCUT2D eigenvalue weighted by molar-refractivity contribution is 0.0367. The van der Waals surface area contributed by atoms with Crippen LogP contribution in [0.3, 0.4) is 0 Å². The van der Waals surface area contributed by atoms with Crippen LogP contribution in [0.25, 0.3) is 0 Å². The third-order valence-corrected chi connectivity index (χ3v) is 2.06. The Hall–Kier alpha value is -1.96. The van der Waals surface area contributed by atoms with Crippen molar-refractivity contribution in [1.82, 2.24) is 0 Å².